The second-order valence-electron chi connectivity index (χ2n) is 6.07. The molecule has 0 fully saturated rings. The molecule has 4 aromatic rings. The molecule has 2 aromatic carbocycles. The van der Waals surface area contributed by atoms with E-state index in [-0.39, 0.29) is 27.6 Å². The Kier molecular flexibility index (Phi) is 4.73. The molecule has 154 valence electrons. The SMILES string of the molecule is O=C(Nc1nc2ccc(OCC(F)(F)F)cc2s1)c1n[nH]c2ccc([N+](=O)[O-])cc12. The highest BCUT2D eigenvalue weighted by Crippen LogP contribution is 2.31. The van der Waals surface area contributed by atoms with Crippen LogP contribution in [0.3, 0.4) is 0 Å². The average Bonchev–Trinajstić information content (AvgIpc) is 3.28. The number of hydrogen-bond acceptors (Lipinski definition) is 7. The molecule has 0 saturated heterocycles. The standard InChI is InChI=1S/C17H10F3N5O4S/c18-17(19,20)7-29-9-2-4-12-13(6-9)30-16(21-12)22-15(26)14-10-5-8(25(27)28)1-3-11(10)23-24-14/h1-6H,7H2,(H,23,24)(H,21,22,26). The van der Waals surface area contributed by atoms with E-state index in [9.17, 15) is 28.1 Å². The molecule has 13 heteroatoms. The van der Waals surface area contributed by atoms with Crippen LogP contribution in [0.25, 0.3) is 21.1 Å². The molecule has 0 unspecified atom stereocenters. The number of nitrogens with one attached hydrogen (secondary N) is 2. The number of alkyl halides is 3. The molecule has 4 rings (SSSR count). The number of non-ortho nitro benzene ring substituents is 1. The molecule has 30 heavy (non-hydrogen) atoms. The molecule has 0 aliphatic rings. The Balaban J connectivity index is 1.56. The number of H-pyrrole nitrogens is 1. The first-order chi connectivity index (χ1) is 14.2. The van der Waals surface area contributed by atoms with E-state index < -0.39 is 23.6 Å². The van der Waals surface area contributed by atoms with Crippen molar-refractivity contribution < 1.29 is 27.6 Å². The van der Waals surface area contributed by atoms with Crippen molar-refractivity contribution in [2.75, 3.05) is 11.9 Å². The van der Waals surface area contributed by atoms with Gasteiger partial charge in [0.05, 0.1) is 20.7 Å². The van der Waals surface area contributed by atoms with Crippen molar-refractivity contribution in [3.63, 3.8) is 0 Å². The van der Waals surface area contributed by atoms with Crippen LogP contribution in [0.15, 0.2) is 36.4 Å². The fourth-order valence-electron chi connectivity index (χ4n) is 2.66. The number of anilines is 1. The van der Waals surface area contributed by atoms with Gasteiger partial charge < -0.3 is 4.74 Å². The number of nitrogens with zero attached hydrogens (tertiary/aromatic N) is 3. The Hall–Kier alpha value is -3.74. The monoisotopic (exact) mass is 437 g/mol. The number of benzene rings is 2. The normalized spacial score (nSPS) is 11.7. The first kappa shape index (κ1) is 19.6. The molecule has 0 spiro atoms. The maximum absolute atomic E-state index is 12.6. The summed E-state index contributed by atoms with van der Waals surface area (Å²) in [6.45, 7) is -1.42. The van der Waals surface area contributed by atoms with E-state index in [4.69, 9.17) is 4.74 Å². The highest BCUT2D eigenvalue weighted by atomic mass is 32.1. The van der Waals surface area contributed by atoms with Gasteiger partial charge >= 0.3 is 6.18 Å². The maximum Gasteiger partial charge on any atom is 0.422 e. The van der Waals surface area contributed by atoms with Crippen molar-refractivity contribution in [3.05, 3.63) is 52.2 Å². The number of ether oxygens (including phenoxy) is 1. The van der Waals surface area contributed by atoms with Crippen molar-refractivity contribution in [1.82, 2.24) is 15.2 Å². The molecular weight excluding hydrogens is 427 g/mol. The quantitative estimate of drug-likeness (QED) is 0.355. The van der Waals surface area contributed by atoms with Gasteiger partial charge in [0.15, 0.2) is 17.4 Å². The van der Waals surface area contributed by atoms with Gasteiger partial charge in [0, 0.05) is 17.5 Å². The summed E-state index contributed by atoms with van der Waals surface area (Å²) < 4.78 is 42.1. The van der Waals surface area contributed by atoms with Gasteiger partial charge in [-0.3, -0.25) is 25.3 Å². The number of amides is 1. The van der Waals surface area contributed by atoms with Crippen LogP contribution in [0, 0.1) is 10.1 Å². The summed E-state index contributed by atoms with van der Waals surface area (Å²) in [6, 6.07) is 8.17. The molecule has 0 radical (unpaired) electrons. The van der Waals surface area contributed by atoms with Crippen molar-refractivity contribution in [2.24, 2.45) is 0 Å². The van der Waals surface area contributed by atoms with Gasteiger partial charge in [-0.25, -0.2) is 4.98 Å². The summed E-state index contributed by atoms with van der Waals surface area (Å²) in [4.78, 5) is 27.2. The summed E-state index contributed by atoms with van der Waals surface area (Å²) in [5.74, 6) is -0.624. The molecule has 0 saturated carbocycles. The van der Waals surface area contributed by atoms with Crippen molar-refractivity contribution in [2.45, 2.75) is 6.18 Å². The summed E-state index contributed by atoms with van der Waals surface area (Å²) in [6.07, 6.45) is -4.46. The summed E-state index contributed by atoms with van der Waals surface area (Å²) in [7, 11) is 0. The molecule has 0 aliphatic heterocycles. The Morgan fingerprint density at radius 2 is 2.07 bits per heavy atom. The zero-order chi connectivity index (χ0) is 21.5. The zero-order valence-electron chi connectivity index (χ0n) is 14.7. The summed E-state index contributed by atoms with van der Waals surface area (Å²) >= 11 is 1.03. The number of fused-ring (bicyclic) bond motifs is 2. The van der Waals surface area contributed by atoms with Crippen LogP contribution in [0.1, 0.15) is 10.5 Å². The topological polar surface area (TPSA) is 123 Å². The molecule has 2 aromatic heterocycles. The van der Waals surface area contributed by atoms with E-state index in [1.807, 2.05) is 0 Å². The minimum Gasteiger partial charge on any atom is -0.484 e. The maximum atomic E-state index is 12.6. The smallest absolute Gasteiger partial charge is 0.422 e. The van der Waals surface area contributed by atoms with E-state index >= 15 is 0 Å². The van der Waals surface area contributed by atoms with Gasteiger partial charge in [0.1, 0.15) is 5.75 Å². The Morgan fingerprint density at radius 1 is 1.27 bits per heavy atom. The molecule has 1 amide bonds. The van der Waals surface area contributed by atoms with Gasteiger partial charge in [0.2, 0.25) is 0 Å². The van der Waals surface area contributed by atoms with E-state index in [1.54, 1.807) is 0 Å². The van der Waals surface area contributed by atoms with Crippen molar-refractivity contribution >= 4 is 49.2 Å². The molecule has 9 nitrogen and oxygen atoms in total. The van der Waals surface area contributed by atoms with Gasteiger partial charge in [-0.2, -0.15) is 18.3 Å². The fraction of sp³-hybridized carbons (Fsp3) is 0.118. The van der Waals surface area contributed by atoms with Crippen LogP contribution in [0.5, 0.6) is 5.75 Å². The number of nitro benzene ring substituents is 1. The number of aromatic amines is 1. The number of carbonyl (C=O) groups is 1. The lowest BCUT2D eigenvalue weighted by Gasteiger charge is -2.08. The number of rotatable bonds is 5. The van der Waals surface area contributed by atoms with Crippen LogP contribution in [0.2, 0.25) is 0 Å². The van der Waals surface area contributed by atoms with Gasteiger partial charge in [-0.05, 0) is 24.3 Å². The average molecular weight is 437 g/mol. The Labute approximate surface area is 168 Å². The number of hydrogen-bond donors (Lipinski definition) is 2. The molecule has 0 bridgehead atoms. The second kappa shape index (κ2) is 7.26. The van der Waals surface area contributed by atoms with Gasteiger partial charge in [-0.1, -0.05) is 11.3 Å². The summed E-state index contributed by atoms with van der Waals surface area (Å²) in [5, 5.41) is 20.5. The minimum atomic E-state index is -4.46. The molecule has 2 heterocycles. The Morgan fingerprint density at radius 3 is 2.80 bits per heavy atom. The number of aromatic nitrogens is 3. The van der Waals surface area contributed by atoms with E-state index in [0.29, 0.717) is 15.7 Å². The van der Waals surface area contributed by atoms with Crippen LogP contribution >= 0.6 is 11.3 Å². The lowest BCUT2D eigenvalue weighted by molar-refractivity contribution is -0.384. The van der Waals surface area contributed by atoms with E-state index in [0.717, 1.165) is 11.3 Å². The van der Waals surface area contributed by atoms with Crippen LogP contribution < -0.4 is 10.1 Å². The number of carbonyl (C=O) groups excluding carboxylic acids is 1. The number of thiazole rings is 1. The first-order valence-corrected chi connectivity index (χ1v) is 9.05. The first-order valence-electron chi connectivity index (χ1n) is 8.23. The highest BCUT2D eigenvalue weighted by Gasteiger charge is 2.28. The van der Waals surface area contributed by atoms with Gasteiger partial charge in [0.25, 0.3) is 11.6 Å². The largest absolute Gasteiger partial charge is 0.484 e. The second-order valence-corrected chi connectivity index (χ2v) is 7.10. The highest BCUT2D eigenvalue weighted by molar-refractivity contribution is 7.22. The Bertz CT molecular complexity index is 1280. The van der Waals surface area contributed by atoms with Crippen molar-refractivity contribution in [1.29, 1.82) is 0 Å². The predicted molar refractivity (Wildman–Crippen MR) is 102 cm³/mol. The lowest BCUT2D eigenvalue weighted by atomic mass is 10.2. The molecule has 0 aliphatic carbocycles. The minimum absolute atomic E-state index is 0.0203. The fourth-order valence-corrected chi connectivity index (χ4v) is 3.55. The van der Waals surface area contributed by atoms with Crippen molar-refractivity contribution in [3.8, 4) is 5.75 Å². The lowest BCUT2D eigenvalue weighted by Crippen LogP contribution is -2.19. The molecular formula is C17H10F3N5O4S. The van der Waals surface area contributed by atoms with E-state index in [2.05, 4.69) is 20.5 Å². The number of halogens is 3. The third-order valence-electron chi connectivity index (χ3n) is 3.96. The van der Waals surface area contributed by atoms with E-state index in [1.165, 1.54) is 36.4 Å². The van der Waals surface area contributed by atoms with Gasteiger partial charge in [-0.15, -0.1) is 0 Å². The third kappa shape index (κ3) is 4.00. The third-order valence-corrected chi connectivity index (χ3v) is 4.89. The van der Waals surface area contributed by atoms with Crippen LogP contribution in [0.4, 0.5) is 24.0 Å². The number of nitro groups is 1. The summed E-state index contributed by atoms with van der Waals surface area (Å²) in [5.41, 5.74) is 0.658. The van der Waals surface area contributed by atoms with Crippen LogP contribution in [-0.4, -0.2) is 38.8 Å². The van der Waals surface area contributed by atoms with Crippen LogP contribution in [-0.2, 0) is 0 Å². The molecule has 2 N–H and O–H groups in total. The predicted octanol–water partition coefficient (Wildman–Crippen LogP) is 4.27. The molecule has 0 atom stereocenters. The zero-order valence-corrected chi connectivity index (χ0v) is 15.5.